The molecule has 0 heterocycles. The third kappa shape index (κ3) is 32.5. The highest BCUT2D eigenvalue weighted by Crippen LogP contribution is 1.41. The molecule has 0 spiro atoms. The highest BCUT2D eigenvalue weighted by molar-refractivity contribution is 6.48. The van der Waals surface area contributed by atoms with Crippen LogP contribution in [0.15, 0.2) is 0 Å². The lowest BCUT2D eigenvalue weighted by molar-refractivity contribution is 1.57. The smallest absolute Gasteiger partial charge is 0.0813 e. The maximum atomic E-state index is 3.39. The summed E-state index contributed by atoms with van der Waals surface area (Å²) in [7, 11) is 0.451. The van der Waals surface area contributed by atoms with Crippen molar-refractivity contribution < 1.29 is 0 Å². The van der Waals surface area contributed by atoms with Gasteiger partial charge in [0.05, 0.1) is 19.4 Å². The lowest BCUT2D eigenvalue weighted by Crippen LogP contribution is -2.17. The van der Waals surface area contributed by atoms with Gasteiger partial charge in [0.1, 0.15) is 0 Å². The molecule has 0 amide bonds. The van der Waals surface area contributed by atoms with Gasteiger partial charge in [0, 0.05) is 0 Å². The maximum Gasteiger partial charge on any atom is 0.0813 e. The van der Waals surface area contributed by atoms with E-state index in [2.05, 4.69) is 17.7 Å². The van der Waals surface area contributed by atoms with E-state index in [1.54, 1.807) is 0 Å². The number of hydrogen-bond donors (Lipinski definition) is 1. The van der Waals surface area contributed by atoms with Crippen LogP contribution in [0.5, 0.6) is 0 Å². The van der Waals surface area contributed by atoms with Crippen LogP contribution in [0, 0.1) is 0 Å². The minimum Gasteiger partial charge on any atom is -0.369 e. The van der Waals surface area contributed by atoms with E-state index in [-0.39, 0.29) is 41.6 Å². The van der Waals surface area contributed by atoms with Crippen molar-refractivity contribution in [3.05, 3.63) is 0 Å². The molecule has 0 unspecified atom stereocenters. The molecule has 0 radical (unpaired) electrons. The third-order valence-corrected chi connectivity index (χ3v) is 4.50. The van der Waals surface area contributed by atoms with Gasteiger partial charge in [0.15, 0.2) is 0 Å². The van der Waals surface area contributed by atoms with Crippen LogP contribution in [-0.4, -0.2) is 19.4 Å². The van der Waals surface area contributed by atoms with Gasteiger partial charge in [0.2, 0.25) is 0 Å². The standard InChI is InChI=1S/C2H11NSi2.3CH4/c1-4-3-5-2;;;/h3H,4-5H2,1-2H3;3*1H4. The van der Waals surface area contributed by atoms with Crippen LogP contribution >= 0.6 is 0 Å². The van der Waals surface area contributed by atoms with Gasteiger partial charge < -0.3 is 4.65 Å². The van der Waals surface area contributed by atoms with Crippen molar-refractivity contribution in [2.24, 2.45) is 0 Å². The average molecular weight is 153 g/mol. The van der Waals surface area contributed by atoms with Crippen LogP contribution < -0.4 is 4.65 Å². The predicted molar refractivity (Wildman–Crippen MR) is 52.1 cm³/mol. The van der Waals surface area contributed by atoms with Crippen LogP contribution in [0.2, 0.25) is 13.1 Å². The molecule has 0 saturated heterocycles. The summed E-state index contributed by atoms with van der Waals surface area (Å²) in [5.41, 5.74) is 0. The van der Waals surface area contributed by atoms with E-state index in [4.69, 9.17) is 0 Å². The molecule has 0 fully saturated rings. The first-order chi connectivity index (χ1) is 2.41. The molecule has 0 aliphatic rings. The van der Waals surface area contributed by atoms with Crippen molar-refractivity contribution in [3.63, 3.8) is 0 Å². The van der Waals surface area contributed by atoms with Gasteiger partial charge in [-0.2, -0.15) is 0 Å². The van der Waals surface area contributed by atoms with Crippen molar-refractivity contribution in [1.82, 2.24) is 4.65 Å². The van der Waals surface area contributed by atoms with Gasteiger partial charge in [-0.05, 0) is 0 Å². The van der Waals surface area contributed by atoms with Crippen LogP contribution in [-0.2, 0) is 0 Å². The van der Waals surface area contributed by atoms with E-state index in [0.29, 0.717) is 0 Å². The molecule has 1 N–H and O–H groups in total. The zero-order chi connectivity index (χ0) is 4.12. The van der Waals surface area contributed by atoms with E-state index in [1.165, 1.54) is 0 Å². The Kier molecular flexibility index (Phi) is 78.0. The number of hydrogen-bond acceptors (Lipinski definition) is 1. The molecular formula is C5H23NSi2. The van der Waals surface area contributed by atoms with E-state index in [0.717, 1.165) is 0 Å². The van der Waals surface area contributed by atoms with Crippen LogP contribution in [0.25, 0.3) is 0 Å². The third-order valence-electron chi connectivity index (χ3n) is 0.500. The Hall–Kier alpha value is 0.394. The molecule has 1 nitrogen and oxygen atoms in total. The first kappa shape index (κ1) is 23.8. The van der Waals surface area contributed by atoms with Crippen molar-refractivity contribution in [1.29, 1.82) is 0 Å². The quantitative estimate of drug-likeness (QED) is 0.577. The minimum atomic E-state index is 0. The van der Waals surface area contributed by atoms with Crippen molar-refractivity contribution >= 4 is 19.4 Å². The second kappa shape index (κ2) is 26.2. The van der Waals surface area contributed by atoms with Gasteiger partial charge in [-0.3, -0.25) is 0 Å². The normalized spacial score (nSPS) is 8.25. The summed E-state index contributed by atoms with van der Waals surface area (Å²) in [5, 5.41) is 0. The molecule has 8 heavy (non-hydrogen) atoms. The maximum absolute atomic E-state index is 3.39. The summed E-state index contributed by atoms with van der Waals surface area (Å²) in [6.07, 6.45) is 0. The Morgan fingerprint density at radius 3 is 1.12 bits per heavy atom. The lowest BCUT2D eigenvalue weighted by atomic mass is 11.9. The van der Waals surface area contributed by atoms with Gasteiger partial charge >= 0.3 is 0 Å². The summed E-state index contributed by atoms with van der Waals surface area (Å²) < 4.78 is 3.39. The second-order valence-electron chi connectivity index (χ2n) is 0.957. The van der Waals surface area contributed by atoms with E-state index in [1.807, 2.05) is 0 Å². The molecule has 0 saturated carbocycles. The van der Waals surface area contributed by atoms with E-state index in [9.17, 15) is 0 Å². The van der Waals surface area contributed by atoms with Gasteiger partial charge in [0.25, 0.3) is 0 Å². The van der Waals surface area contributed by atoms with Crippen LogP contribution in [0.1, 0.15) is 22.3 Å². The fraction of sp³-hybridized carbons (Fsp3) is 1.00. The summed E-state index contributed by atoms with van der Waals surface area (Å²) in [6, 6.07) is 0. The molecule has 0 rings (SSSR count). The Morgan fingerprint density at radius 1 is 0.875 bits per heavy atom. The Labute approximate surface area is 60.1 Å². The van der Waals surface area contributed by atoms with Gasteiger partial charge in [-0.25, -0.2) is 0 Å². The monoisotopic (exact) mass is 153 g/mol. The highest BCUT2D eigenvalue weighted by atomic mass is 28.3. The van der Waals surface area contributed by atoms with Gasteiger partial charge in [-0.15, -0.1) is 0 Å². The molecule has 0 aliphatic carbocycles. The van der Waals surface area contributed by atoms with Crippen molar-refractivity contribution in [2.45, 2.75) is 35.4 Å². The number of rotatable bonds is 2. The molecule has 0 aromatic carbocycles. The minimum absolute atomic E-state index is 0. The Balaban J connectivity index is -0.0000000267. The molecule has 0 aromatic heterocycles. The summed E-state index contributed by atoms with van der Waals surface area (Å²) in [5.74, 6) is 0. The second-order valence-corrected chi connectivity index (χ2v) is 4.37. The van der Waals surface area contributed by atoms with Crippen LogP contribution in [0.4, 0.5) is 0 Å². The average Bonchev–Trinajstić information content (AvgIpc) is 1.41. The first-order valence-corrected chi connectivity index (χ1v) is 6.36. The Bertz CT molecular complexity index is 17.9. The molecule has 0 aliphatic heterocycles. The molecule has 0 bridgehead atoms. The van der Waals surface area contributed by atoms with E-state index >= 15 is 0 Å². The molecule has 56 valence electrons. The van der Waals surface area contributed by atoms with E-state index < -0.39 is 0 Å². The zero-order valence-corrected chi connectivity index (χ0v) is 6.74. The van der Waals surface area contributed by atoms with Crippen molar-refractivity contribution in [3.8, 4) is 0 Å². The number of nitrogens with one attached hydrogen (secondary N) is 1. The van der Waals surface area contributed by atoms with Crippen LogP contribution in [0.3, 0.4) is 0 Å². The summed E-state index contributed by atoms with van der Waals surface area (Å²) >= 11 is 0. The largest absolute Gasteiger partial charge is 0.369 e. The molecule has 0 atom stereocenters. The molecular weight excluding hydrogens is 130 g/mol. The zero-order valence-electron chi connectivity index (χ0n) is 3.91. The Morgan fingerprint density at radius 2 is 1.12 bits per heavy atom. The molecule has 3 heteroatoms. The highest BCUT2D eigenvalue weighted by Gasteiger charge is 1.66. The van der Waals surface area contributed by atoms with Crippen molar-refractivity contribution in [2.75, 3.05) is 0 Å². The topological polar surface area (TPSA) is 12.0 Å². The fourth-order valence-electron chi connectivity index (χ4n) is 0.250. The summed E-state index contributed by atoms with van der Waals surface area (Å²) in [4.78, 5) is 0. The first-order valence-electron chi connectivity index (χ1n) is 2.12. The predicted octanol–water partition coefficient (Wildman–Crippen LogP) is 0.748. The summed E-state index contributed by atoms with van der Waals surface area (Å²) in [6.45, 7) is 4.55. The fourth-order valence-corrected chi connectivity index (χ4v) is 2.25. The lowest BCUT2D eigenvalue weighted by Gasteiger charge is -1.84. The van der Waals surface area contributed by atoms with Gasteiger partial charge in [-0.1, -0.05) is 35.4 Å². The molecule has 0 aromatic rings. The SMILES string of the molecule is C.C.C.C[SiH2]N[SiH2]C.